The summed E-state index contributed by atoms with van der Waals surface area (Å²) in [6.07, 6.45) is 2.05. The maximum absolute atomic E-state index is 12.1. The van der Waals surface area contributed by atoms with E-state index in [-0.39, 0.29) is 11.8 Å². The molecule has 1 saturated heterocycles. The zero-order valence-electron chi connectivity index (χ0n) is 11.2. The Morgan fingerprint density at radius 2 is 1.85 bits per heavy atom. The molecule has 1 N–H and O–H groups in total. The first-order valence-corrected chi connectivity index (χ1v) is 7.29. The van der Waals surface area contributed by atoms with Crippen molar-refractivity contribution in [1.82, 2.24) is 10.2 Å². The number of hydrogen-bond acceptors (Lipinski definition) is 2. The lowest BCUT2D eigenvalue weighted by Crippen LogP contribution is -2.45. The molecule has 0 unspecified atom stereocenters. The minimum atomic E-state index is -0.546. The molecule has 108 valence electrons. The predicted octanol–water partition coefficient (Wildman–Crippen LogP) is 2.73. The summed E-state index contributed by atoms with van der Waals surface area (Å²) in [5.41, 5.74) is 0.389. The zero-order chi connectivity index (χ0) is 14.7. The first-order chi connectivity index (χ1) is 9.49. The Kier molecular flexibility index (Phi) is 4.89. The Morgan fingerprint density at radius 1 is 1.20 bits per heavy atom. The largest absolute Gasteiger partial charge is 0.341 e. The molecule has 1 aromatic rings. The zero-order valence-corrected chi connectivity index (χ0v) is 12.7. The van der Waals surface area contributed by atoms with Crippen LogP contribution in [0.15, 0.2) is 18.2 Å². The summed E-state index contributed by atoms with van der Waals surface area (Å²) in [5, 5.41) is 3.40. The highest BCUT2D eigenvalue weighted by molar-refractivity contribution is 6.42. The molecule has 0 aliphatic carbocycles. The molecule has 1 aromatic carbocycles. The fourth-order valence-electron chi connectivity index (χ4n) is 2.19. The molecular weight excluding hydrogens is 299 g/mol. The van der Waals surface area contributed by atoms with E-state index >= 15 is 0 Å². The molecule has 20 heavy (non-hydrogen) atoms. The van der Waals surface area contributed by atoms with Crippen LogP contribution in [0.2, 0.25) is 10.0 Å². The summed E-state index contributed by atoms with van der Waals surface area (Å²) in [4.78, 5) is 25.9. The van der Waals surface area contributed by atoms with E-state index in [9.17, 15) is 9.59 Å². The molecule has 0 spiro atoms. The predicted molar refractivity (Wildman–Crippen MR) is 79.2 cm³/mol. The minimum absolute atomic E-state index is 0.0455. The minimum Gasteiger partial charge on any atom is -0.341 e. The summed E-state index contributed by atoms with van der Waals surface area (Å²) < 4.78 is 0. The van der Waals surface area contributed by atoms with E-state index in [4.69, 9.17) is 23.2 Å². The number of amides is 2. The van der Waals surface area contributed by atoms with Crippen molar-refractivity contribution in [3.63, 3.8) is 0 Å². The van der Waals surface area contributed by atoms with Crippen molar-refractivity contribution in [2.75, 3.05) is 13.1 Å². The highest BCUT2D eigenvalue weighted by Crippen LogP contribution is 2.22. The Labute approximate surface area is 128 Å². The van der Waals surface area contributed by atoms with Gasteiger partial charge in [0.2, 0.25) is 5.91 Å². The van der Waals surface area contributed by atoms with Crippen LogP contribution in [0.5, 0.6) is 0 Å². The second-order valence-corrected chi connectivity index (χ2v) is 5.67. The third-order valence-corrected chi connectivity index (χ3v) is 4.06. The van der Waals surface area contributed by atoms with Crippen LogP contribution < -0.4 is 5.32 Å². The molecule has 2 rings (SSSR count). The van der Waals surface area contributed by atoms with Crippen molar-refractivity contribution < 1.29 is 9.59 Å². The molecule has 4 nitrogen and oxygen atoms in total. The number of nitrogens with zero attached hydrogens (tertiary/aromatic N) is 1. The molecule has 0 bridgehead atoms. The van der Waals surface area contributed by atoms with Gasteiger partial charge < -0.3 is 10.2 Å². The second-order valence-electron chi connectivity index (χ2n) is 4.86. The third kappa shape index (κ3) is 3.44. The normalized spacial score (nSPS) is 16.1. The Morgan fingerprint density at radius 3 is 2.45 bits per heavy atom. The van der Waals surface area contributed by atoms with Crippen LogP contribution in [0.25, 0.3) is 0 Å². The number of hydrogen-bond donors (Lipinski definition) is 1. The number of carbonyl (C=O) groups is 2. The van der Waals surface area contributed by atoms with Crippen molar-refractivity contribution in [1.29, 1.82) is 0 Å². The molecule has 6 heteroatoms. The Balaban J connectivity index is 1.99. The monoisotopic (exact) mass is 314 g/mol. The Bertz CT molecular complexity index is 528. The molecule has 1 heterocycles. The first-order valence-electron chi connectivity index (χ1n) is 6.54. The van der Waals surface area contributed by atoms with Gasteiger partial charge in [-0.15, -0.1) is 0 Å². The van der Waals surface area contributed by atoms with Gasteiger partial charge in [0, 0.05) is 18.7 Å². The van der Waals surface area contributed by atoms with E-state index < -0.39 is 6.04 Å². The number of carbonyl (C=O) groups excluding carboxylic acids is 2. The SMILES string of the molecule is C[C@H](NC(=O)c1ccc(Cl)c(Cl)c1)C(=O)N1CCCC1. The van der Waals surface area contributed by atoms with Crippen molar-refractivity contribution in [3.8, 4) is 0 Å². The molecule has 1 aliphatic heterocycles. The molecule has 1 fully saturated rings. The van der Waals surface area contributed by atoms with E-state index in [0.29, 0.717) is 15.6 Å². The van der Waals surface area contributed by atoms with Gasteiger partial charge in [0.15, 0.2) is 0 Å². The summed E-state index contributed by atoms with van der Waals surface area (Å²) in [6.45, 7) is 3.23. The van der Waals surface area contributed by atoms with Gasteiger partial charge in [-0.05, 0) is 38.0 Å². The number of nitrogens with one attached hydrogen (secondary N) is 1. The molecule has 1 atom stereocenters. The molecule has 1 aliphatic rings. The fraction of sp³-hybridized carbons (Fsp3) is 0.429. The van der Waals surface area contributed by atoms with E-state index in [0.717, 1.165) is 25.9 Å². The van der Waals surface area contributed by atoms with Crippen molar-refractivity contribution >= 4 is 35.0 Å². The number of halogens is 2. The highest BCUT2D eigenvalue weighted by atomic mass is 35.5. The lowest BCUT2D eigenvalue weighted by Gasteiger charge is -2.21. The topological polar surface area (TPSA) is 49.4 Å². The van der Waals surface area contributed by atoms with Gasteiger partial charge in [-0.25, -0.2) is 0 Å². The summed E-state index contributed by atoms with van der Waals surface area (Å²) in [5.74, 6) is -0.375. The van der Waals surface area contributed by atoms with E-state index in [1.165, 1.54) is 6.07 Å². The quantitative estimate of drug-likeness (QED) is 0.932. The van der Waals surface area contributed by atoms with Gasteiger partial charge in [-0.3, -0.25) is 9.59 Å². The van der Waals surface area contributed by atoms with Gasteiger partial charge >= 0.3 is 0 Å². The summed E-state index contributed by atoms with van der Waals surface area (Å²) >= 11 is 11.7. The van der Waals surface area contributed by atoms with Gasteiger partial charge in [0.05, 0.1) is 10.0 Å². The molecule has 0 radical (unpaired) electrons. The van der Waals surface area contributed by atoms with E-state index in [1.807, 2.05) is 0 Å². The second kappa shape index (κ2) is 6.46. The molecule has 2 amide bonds. The van der Waals surface area contributed by atoms with Crippen LogP contribution in [0.1, 0.15) is 30.1 Å². The van der Waals surface area contributed by atoms with E-state index in [1.54, 1.807) is 24.0 Å². The van der Waals surface area contributed by atoms with Gasteiger partial charge in [0.1, 0.15) is 6.04 Å². The average Bonchev–Trinajstić information content (AvgIpc) is 2.94. The molecular formula is C14H16Cl2N2O2. The number of rotatable bonds is 3. The van der Waals surface area contributed by atoms with Gasteiger partial charge in [-0.2, -0.15) is 0 Å². The van der Waals surface area contributed by atoms with Crippen LogP contribution in [0.4, 0.5) is 0 Å². The van der Waals surface area contributed by atoms with Crippen LogP contribution in [0.3, 0.4) is 0 Å². The first kappa shape index (κ1) is 15.1. The van der Waals surface area contributed by atoms with E-state index in [2.05, 4.69) is 5.32 Å². The van der Waals surface area contributed by atoms with Gasteiger partial charge in [0.25, 0.3) is 5.91 Å². The number of likely N-dealkylation sites (tertiary alicyclic amines) is 1. The van der Waals surface area contributed by atoms with Gasteiger partial charge in [-0.1, -0.05) is 23.2 Å². The summed E-state index contributed by atoms with van der Waals surface area (Å²) in [6, 6.07) is 4.09. The van der Waals surface area contributed by atoms with Crippen LogP contribution in [-0.4, -0.2) is 35.8 Å². The smallest absolute Gasteiger partial charge is 0.251 e. The van der Waals surface area contributed by atoms with Crippen LogP contribution in [-0.2, 0) is 4.79 Å². The van der Waals surface area contributed by atoms with Crippen LogP contribution >= 0.6 is 23.2 Å². The lowest BCUT2D eigenvalue weighted by atomic mass is 10.2. The van der Waals surface area contributed by atoms with Crippen molar-refractivity contribution in [3.05, 3.63) is 33.8 Å². The van der Waals surface area contributed by atoms with Crippen LogP contribution in [0, 0.1) is 0 Å². The maximum Gasteiger partial charge on any atom is 0.251 e. The molecule has 0 saturated carbocycles. The third-order valence-electron chi connectivity index (χ3n) is 3.32. The average molecular weight is 315 g/mol. The fourth-order valence-corrected chi connectivity index (χ4v) is 2.49. The van der Waals surface area contributed by atoms with Crippen molar-refractivity contribution in [2.45, 2.75) is 25.8 Å². The van der Waals surface area contributed by atoms with Crippen molar-refractivity contribution in [2.24, 2.45) is 0 Å². The summed E-state index contributed by atoms with van der Waals surface area (Å²) in [7, 11) is 0. The number of benzene rings is 1. The Hall–Kier alpha value is -1.26. The standard InChI is InChI=1S/C14H16Cl2N2O2/c1-9(14(20)18-6-2-3-7-18)17-13(19)10-4-5-11(15)12(16)8-10/h4-5,8-9H,2-3,6-7H2,1H3,(H,17,19)/t9-/m0/s1. The highest BCUT2D eigenvalue weighted by Gasteiger charge is 2.24. The lowest BCUT2D eigenvalue weighted by molar-refractivity contribution is -0.131. The maximum atomic E-state index is 12.1. The molecule has 0 aromatic heterocycles.